The van der Waals surface area contributed by atoms with Crippen LogP contribution in [0, 0.1) is 0 Å². The highest BCUT2D eigenvalue weighted by atomic mass is 16.5. The third kappa shape index (κ3) is 11.2. The van der Waals surface area contributed by atoms with Crippen LogP contribution in [0.4, 0.5) is 0 Å². The molecule has 0 spiro atoms. The van der Waals surface area contributed by atoms with Gasteiger partial charge in [-0.2, -0.15) is 0 Å². The Hall–Kier alpha value is -0.465. The van der Waals surface area contributed by atoms with Gasteiger partial charge < -0.3 is 4.74 Å². The molecule has 0 aliphatic rings. The van der Waals surface area contributed by atoms with Gasteiger partial charge in [0.15, 0.2) is 0 Å². The van der Waals surface area contributed by atoms with E-state index < -0.39 is 0 Å². The predicted molar refractivity (Wildman–Crippen MR) is 41.5 cm³/mol. The first-order valence-corrected chi connectivity index (χ1v) is 2.90. The molecule has 0 amide bonds. The maximum atomic E-state index is 10.1. The standard InChI is InChI=1S/C6H12O2.BH3/c1-3-4-5-8-6(2)7;/h3-5H2,1-2H3;1H3. The second-order valence-electron chi connectivity index (χ2n) is 1.69. The first kappa shape index (κ1) is 11.3. The Morgan fingerprint density at radius 1 is 1.56 bits per heavy atom. The van der Waals surface area contributed by atoms with Crippen molar-refractivity contribution in [3.05, 3.63) is 0 Å². The molecule has 54 valence electrons. The van der Waals surface area contributed by atoms with Gasteiger partial charge in [0.05, 0.1) is 15.0 Å². The molecular formula is C6H15BO2. The van der Waals surface area contributed by atoms with E-state index in [4.69, 9.17) is 0 Å². The highest BCUT2D eigenvalue weighted by molar-refractivity contribution is 5.75. The first-order chi connectivity index (χ1) is 3.77. The van der Waals surface area contributed by atoms with E-state index in [0.717, 1.165) is 12.8 Å². The maximum absolute atomic E-state index is 10.1. The molecule has 0 aliphatic heterocycles. The zero-order valence-corrected chi connectivity index (χ0v) is 5.44. The van der Waals surface area contributed by atoms with Gasteiger partial charge in [-0.25, -0.2) is 0 Å². The number of rotatable bonds is 3. The molecule has 0 saturated heterocycles. The molecule has 0 atom stereocenters. The van der Waals surface area contributed by atoms with E-state index in [0.29, 0.717) is 6.61 Å². The molecule has 0 fully saturated rings. The molecule has 0 aromatic rings. The van der Waals surface area contributed by atoms with Crippen molar-refractivity contribution in [3.8, 4) is 0 Å². The molecule has 9 heavy (non-hydrogen) atoms. The van der Waals surface area contributed by atoms with Gasteiger partial charge in [-0.15, -0.1) is 0 Å². The van der Waals surface area contributed by atoms with Crippen molar-refractivity contribution in [2.24, 2.45) is 0 Å². The molecule has 0 aliphatic carbocycles. The van der Waals surface area contributed by atoms with Crippen LogP contribution in [-0.2, 0) is 9.53 Å². The van der Waals surface area contributed by atoms with Crippen molar-refractivity contribution in [1.29, 1.82) is 0 Å². The van der Waals surface area contributed by atoms with E-state index in [-0.39, 0.29) is 14.4 Å². The van der Waals surface area contributed by atoms with E-state index in [1.165, 1.54) is 6.92 Å². The quantitative estimate of drug-likeness (QED) is 0.309. The number of ether oxygens (including phenoxy) is 1. The monoisotopic (exact) mass is 130 g/mol. The fourth-order valence-corrected chi connectivity index (χ4v) is 0.360. The summed E-state index contributed by atoms with van der Waals surface area (Å²) in [5.74, 6) is -0.182. The SMILES string of the molecule is B.CCCCOC(C)=O. The van der Waals surface area contributed by atoms with Gasteiger partial charge in [0.2, 0.25) is 0 Å². The number of unbranched alkanes of at least 4 members (excludes halogenated alkanes) is 1. The van der Waals surface area contributed by atoms with Crippen LogP contribution in [0.2, 0.25) is 0 Å². The number of esters is 1. The lowest BCUT2D eigenvalue weighted by molar-refractivity contribution is -0.141. The van der Waals surface area contributed by atoms with Crippen LogP contribution in [0.5, 0.6) is 0 Å². The zero-order valence-electron chi connectivity index (χ0n) is 5.44. The lowest BCUT2D eigenvalue weighted by Gasteiger charge is -1.96. The average Bonchev–Trinajstić information content (AvgIpc) is 1.66. The van der Waals surface area contributed by atoms with Gasteiger partial charge in [0, 0.05) is 6.92 Å². The van der Waals surface area contributed by atoms with E-state index >= 15 is 0 Å². The number of carbonyl (C=O) groups excluding carboxylic acids is 1. The van der Waals surface area contributed by atoms with Crippen molar-refractivity contribution in [2.45, 2.75) is 26.7 Å². The fourth-order valence-electron chi connectivity index (χ4n) is 0.360. The van der Waals surface area contributed by atoms with E-state index in [1.54, 1.807) is 0 Å². The fraction of sp³-hybridized carbons (Fsp3) is 0.833. The molecule has 0 radical (unpaired) electrons. The van der Waals surface area contributed by atoms with Crippen molar-refractivity contribution in [1.82, 2.24) is 0 Å². The van der Waals surface area contributed by atoms with Gasteiger partial charge in [-0.3, -0.25) is 4.79 Å². The molecule has 0 aromatic carbocycles. The first-order valence-electron chi connectivity index (χ1n) is 2.90. The Kier molecular flexibility index (Phi) is 9.50. The summed E-state index contributed by atoms with van der Waals surface area (Å²) < 4.78 is 4.64. The summed E-state index contributed by atoms with van der Waals surface area (Å²) in [5, 5.41) is 0. The summed E-state index contributed by atoms with van der Waals surface area (Å²) in [4.78, 5) is 10.1. The van der Waals surface area contributed by atoms with Gasteiger partial charge >= 0.3 is 5.97 Å². The van der Waals surface area contributed by atoms with E-state index in [1.807, 2.05) is 0 Å². The molecule has 0 bridgehead atoms. The average molecular weight is 130 g/mol. The summed E-state index contributed by atoms with van der Waals surface area (Å²) in [6, 6.07) is 0. The van der Waals surface area contributed by atoms with Crippen LogP contribution in [0.15, 0.2) is 0 Å². The van der Waals surface area contributed by atoms with Crippen molar-refractivity contribution in [3.63, 3.8) is 0 Å². The number of carbonyl (C=O) groups is 1. The third-order valence-corrected chi connectivity index (χ3v) is 0.803. The zero-order chi connectivity index (χ0) is 6.41. The minimum Gasteiger partial charge on any atom is -0.466 e. The molecule has 0 heterocycles. The molecule has 3 heteroatoms. The van der Waals surface area contributed by atoms with Crippen molar-refractivity contribution < 1.29 is 9.53 Å². The summed E-state index contributed by atoms with van der Waals surface area (Å²) in [5.41, 5.74) is 0. The minimum atomic E-state index is -0.182. The summed E-state index contributed by atoms with van der Waals surface area (Å²) in [6.45, 7) is 4.06. The lowest BCUT2D eigenvalue weighted by atomic mass is 10.4. The van der Waals surface area contributed by atoms with Crippen molar-refractivity contribution >= 4 is 14.4 Å². The largest absolute Gasteiger partial charge is 0.466 e. The summed E-state index contributed by atoms with van der Waals surface area (Å²) in [7, 11) is 0. The molecular weight excluding hydrogens is 115 g/mol. The number of hydrogen-bond acceptors (Lipinski definition) is 2. The normalized spacial score (nSPS) is 7.78. The molecule has 0 saturated carbocycles. The second kappa shape index (κ2) is 7.53. The van der Waals surface area contributed by atoms with Crippen LogP contribution < -0.4 is 0 Å². The molecule has 0 aromatic heterocycles. The van der Waals surface area contributed by atoms with Gasteiger partial charge in [0.1, 0.15) is 0 Å². The van der Waals surface area contributed by atoms with Gasteiger partial charge in [-0.1, -0.05) is 13.3 Å². The highest BCUT2D eigenvalue weighted by Crippen LogP contribution is 1.86. The molecule has 0 rings (SSSR count). The van der Waals surface area contributed by atoms with E-state index in [9.17, 15) is 4.79 Å². The molecule has 2 nitrogen and oxygen atoms in total. The van der Waals surface area contributed by atoms with Crippen LogP contribution in [-0.4, -0.2) is 21.0 Å². The smallest absolute Gasteiger partial charge is 0.302 e. The van der Waals surface area contributed by atoms with Gasteiger partial charge in [0.25, 0.3) is 0 Å². The third-order valence-electron chi connectivity index (χ3n) is 0.803. The summed E-state index contributed by atoms with van der Waals surface area (Å²) in [6.07, 6.45) is 2.05. The maximum Gasteiger partial charge on any atom is 0.302 e. The van der Waals surface area contributed by atoms with Gasteiger partial charge in [-0.05, 0) is 6.42 Å². The molecule has 0 N–H and O–H groups in total. The van der Waals surface area contributed by atoms with Crippen LogP contribution in [0.3, 0.4) is 0 Å². The predicted octanol–water partition coefficient (Wildman–Crippen LogP) is 0.166. The Morgan fingerprint density at radius 2 is 2.11 bits per heavy atom. The van der Waals surface area contributed by atoms with Crippen LogP contribution in [0.1, 0.15) is 26.7 Å². The van der Waals surface area contributed by atoms with Crippen molar-refractivity contribution in [2.75, 3.05) is 6.61 Å². The van der Waals surface area contributed by atoms with Crippen LogP contribution >= 0.6 is 0 Å². The van der Waals surface area contributed by atoms with E-state index in [2.05, 4.69) is 11.7 Å². The minimum absolute atomic E-state index is 0. The Bertz CT molecular complexity index is 73.5. The van der Waals surface area contributed by atoms with Crippen LogP contribution in [0.25, 0.3) is 0 Å². The topological polar surface area (TPSA) is 26.3 Å². The Balaban J connectivity index is 0. The Labute approximate surface area is 58.2 Å². The number of hydrogen-bond donors (Lipinski definition) is 0. The molecule has 0 unspecified atom stereocenters. The summed E-state index contributed by atoms with van der Waals surface area (Å²) >= 11 is 0. The highest BCUT2D eigenvalue weighted by Gasteiger charge is 1.88. The Morgan fingerprint density at radius 3 is 2.44 bits per heavy atom. The second-order valence-corrected chi connectivity index (χ2v) is 1.69. The lowest BCUT2D eigenvalue weighted by Crippen LogP contribution is -1.99.